The lowest BCUT2D eigenvalue weighted by Gasteiger charge is -2.49. The zero-order valence-corrected chi connectivity index (χ0v) is 11.6. The molecule has 0 aromatic heterocycles. The zero-order valence-electron chi connectivity index (χ0n) is 11.6. The molecule has 1 fully saturated rings. The highest BCUT2D eigenvalue weighted by molar-refractivity contribution is 5.00. The van der Waals surface area contributed by atoms with Gasteiger partial charge in [0.1, 0.15) is 0 Å². The van der Waals surface area contributed by atoms with Crippen LogP contribution < -0.4 is 5.32 Å². The maximum absolute atomic E-state index is 9.76. The first-order valence-electron chi connectivity index (χ1n) is 6.74. The summed E-state index contributed by atoms with van der Waals surface area (Å²) in [7, 11) is 0. The molecule has 2 N–H and O–H groups in total. The van der Waals surface area contributed by atoms with Gasteiger partial charge in [-0.05, 0) is 43.9 Å². The van der Waals surface area contributed by atoms with Gasteiger partial charge >= 0.3 is 0 Å². The summed E-state index contributed by atoms with van der Waals surface area (Å²) in [6.07, 6.45) is 4.64. The molecule has 0 aromatic rings. The van der Waals surface area contributed by atoms with E-state index in [1.165, 1.54) is 12.8 Å². The lowest BCUT2D eigenvalue weighted by Crippen LogP contribution is -2.59. The van der Waals surface area contributed by atoms with Crippen LogP contribution in [-0.2, 0) is 0 Å². The van der Waals surface area contributed by atoms with Crippen molar-refractivity contribution in [2.24, 2.45) is 11.3 Å². The summed E-state index contributed by atoms with van der Waals surface area (Å²) >= 11 is 0. The molecule has 1 aliphatic rings. The monoisotopic (exact) mass is 227 g/mol. The second-order valence-corrected chi connectivity index (χ2v) is 6.54. The van der Waals surface area contributed by atoms with E-state index in [4.69, 9.17) is 0 Å². The molecular weight excluding hydrogens is 198 g/mol. The fraction of sp³-hybridized carbons (Fsp3) is 1.00. The molecule has 96 valence electrons. The van der Waals surface area contributed by atoms with E-state index in [-0.39, 0.29) is 12.1 Å². The van der Waals surface area contributed by atoms with E-state index in [0.29, 0.717) is 17.4 Å². The third-order valence-electron chi connectivity index (χ3n) is 4.48. The van der Waals surface area contributed by atoms with E-state index in [0.717, 1.165) is 12.8 Å². The summed E-state index contributed by atoms with van der Waals surface area (Å²) in [4.78, 5) is 0. The Hall–Kier alpha value is -0.0800. The van der Waals surface area contributed by atoms with Crippen molar-refractivity contribution in [3.05, 3.63) is 0 Å². The van der Waals surface area contributed by atoms with Crippen LogP contribution in [0.25, 0.3) is 0 Å². The van der Waals surface area contributed by atoms with E-state index < -0.39 is 0 Å². The Bertz CT molecular complexity index is 227. The molecular formula is C14H29NO. The summed E-state index contributed by atoms with van der Waals surface area (Å²) in [6.45, 7) is 11.6. The van der Waals surface area contributed by atoms with Crippen LogP contribution in [0.1, 0.15) is 60.3 Å². The Kier molecular flexibility index (Phi) is 4.42. The van der Waals surface area contributed by atoms with Crippen molar-refractivity contribution in [3.63, 3.8) is 0 Å². The van der Waals surface area contributed by atoms with Crippen LogP contribution in [-0.4, -0.2) is 23.3 Å². The number of rotatable bonds is 4. The number of aliphatic hydroxyl groups is 1. The fourth-order valence-corrected chi connectivity index (χ4v) is 3.02. The summed E-state index contributed by atoms with van der Waals surface area (Å²) in [5, 5.41) is 13.4. The van der Waals surface area contributed by atoms with Gasteiger partial charge in [-0.25, -0.2) is 0 Å². The number of aliphatic hydroxyl groups excluding tert-OH is 1. The summed E-state index contributed by atoms with van der Waals surface area (Å²) in [5.74, 6) is 0.551. The molecule has 3 unspecified atom stereocenters. The van der Waals surface area contributed by atoms with Crippen LogP contribution in [0.3, 0.4) is 0 Å². The third kappa shape index (κ3) is 2.98. The molecule has 0 spiro atoms. The minimum Gasteiger partial charge on any atom is -0.394 e. The molecule has 0 aromatic carbocycles. The molecule has 0 heterocycles. The molecule has 2 nitrogen and oxygen atoms in total. The van der Waals surface area contributed by atoms with Crippen molar-refractivity contribution in [2.75, 3.05) is 6.61 Å². The van der Waals surface area contributed by atoms with Gasteiger partial charge in [0.2, 0.25) is 0 Å². The Morgan fingerprint density at radius 1 is 1.38 bits per heavy atom. The first-order chi connectivity index (χ1) is 7.35. The van der Waals surface area contributed by atoms with Crippen LogP contribution in [0, 0.1) is 11.3 Å². The predicted octanol–water partition coefficient (Wildman–Crippen LogP) is 2.95. The van der Waals surface area contributed by atoms with Gasteiger partial charge < -0.3 is 10.4 Å². The molecule has 1 aliphatic carbocycles. The highest BCUT2D eigenvalue weighted by Gasteiger charge is 2.43. The van der Waals surface area contributed by atoms with E-state index >= 15 is 0 Å². The SMILES string of the molecule is CCC(C)NC1(CO)CCC(C)(C)CC1C. The van der Waals surface area contributed by atoms with Crippen LogP contribution in [0.4, 0.5) is 0 Å². The van der Waals surface area contributed by atoms with Crippen LogP contribution in [0.15, 0.2) is 0 Å². The standard InChI is InChI=1S/C14H29NO/c1-6-12(3)15-14(10-16)8-7-13(4,5)9-11(14)2/h11-12,15-16H,6-10H2,1-5H3. The van der Waals surface area contributed by atoms with Crippen molar-refractivity contribution in [3.8, 4) is 0 Å². The molecule has 0 radical (unpaired) electrons. The van der Waals surface area contributed by atoms with E-state index in [1.54, 1.807) is 0 Å². The molecule has 3 atom stereocenters. The topological polar surface area (TPSA) is 32.3 Å². The van der Waals surface area contributed by atoms with Crippen molar-refractivity contribution in [2.45, 2.75) is 71.9 Å². The quantitative estimate of drug-likeness (QED) is 0.774. The number of hydrogen-bond acceptors (Lipinski definition) is 2. The summed E-state index contributed by atoms with van der Waals surface area (Å²) < 4.78 is 0. The van der Waals surface area contributed by atoms with Gasteiger partial charge in [0, 0.05) is 11.6 Å². The fourth-order valence-electron chi connectivity index (χ4n) is 3.02. The maximum Gasteiger partial charge on any atom is 0.0616 e. The molecule has 1 saturated carbocycles. The van der Waals surface area contributed by atoms with Crippen molar-refractivity contribution < 1.29 is 5.11 Å². The molecule has 0 bridgehead atoms. The van der Waals surface area contributed by atoms with Crippen molar-refractivity contribution >= 4 is 0 Å². The van der Waals surface area contributed by atoms with Gasteiger partial charge in [-0.1, -0.05) is 27.7 Å². The lowest BCUT2D eigenvalue weighted by molar-refractivity contribution is 0.0208. The van der Waals surface area contributed by atoms with Gasteiger partial charge in [-0.15, -0.1) is 0 Å². The number of hydrogen-bond donors (Lipinski definition) is 2. The molecule has 0 saturated heterocycles. The zero-order chi connectivity index (χ0) is 12.4. The number of nitrogens with one attached hydrogen (secondary N) is 1. The van der Waals surface area contributed by atoms with Gasteiger partial charge in [-0.2, -0.15) is 0 Å². The smallest absolute Gasteiger partial charge is 0.0616 e. The highest BCUT2D eigenvalue weighted by Crippen LogP contribution is 2.43. The highest BCUT2D eigenvalue weighted by atomic mass is 16.3. The van der Waals surface area contributed by atoms with Crippen LogP contribution >= 0.6 is 0 Å². The largest absolute Gasteiger partial charge is 0.394 e. The van der Waals surface area contributed by atoms with Crippen molar-refractivity contribution in [1.82, 2.24) is 5.32 Å². The molecule has 2 heteroatoms. The van der Waals surface area contributed by atoms with Gasteiger partial charge in [0.15, 0.2) is 0 Å². The normalized spacial score (nSPS) is 36.0. The van der Waals surface area contributed by atoms with Crippen LogP contribution in [0.5, 0.6) is 0 Å². The summed E-state index contributed by atoms with van der Waals surface area (Å²) in [6, 6.07) is 0.496. The Labute approximate surface area is 101 Å². The molecule has 1 rings (SSSR count). The second kappa shape index (κ2) is 5.05. The third-order valence-corrected chi connectivity index (χ3v) is 4.48. The molecule has 0 aliphatic heterocycles. The minimum atomic E-state index is -0.0368. The minimum absolute atomic E-state index is 0.0368. The van der Waals surface area contributed by atoms with E-state index in [9.17, 15) is 5.11 Å². The Morgan fingerprint density at radius 3 is 2.44 bits per heavy atom. The predicted molar refractivity (Wildman–Crippen MR) is 69.5 cm³/mol. The maximum atomic E-state index is 9.76. The van der Waals surface area contributed by atoms with Crippen molar-refractivity contribution in [1.29, 1.82) is 0 Å². The Balaban J connectivity index is 2.73. The molecule has 16 heavy (non-hydrogen) atoms. The van der Waals surface area contributed by atoms with Crippen LogP contribution in [0.2, 0.25) is 0 Å². The average Bonchev–Trinajstić information content (AvgIpc) is 2.22. The van der Waals surface area contributed by atoms with E-state index in [2.05, 4.69) is 39.9 Å². The van der Waals surface area contributed by atoms with E-state index in [1.807, 2.05) is 0 Å². The lowest BCUT2D eigenvalue weighted by atomic mass is 9.64. The summed E-state index contributed by atoms with van der Waals surface area (Å²) in [5.41, 5.74) is 0.403. The van der Waals surface area contributed by atoms with Gasteiger partial charge in [-0.3, -0.25) is 0 Å². The molecule has 0 amide bonds. The van der Waals surface area contributed by atoms with Gasteiger partial charge in [0.25, 0.3) is 0 Å². The first kappa shape index (κ1) is 14.0. The average molecular weight is 227 g/mol. The first-order valence-corrected chi connectivity index (χ1v) is 6.74. The van der Waals surface area contributed by atoms with Gasteiger partial charge in [0.05, 0.1) is 6.61 Å². The Morgan fingerprint density at radius 2 is 2.00 bits per heavy atom. The second-order valence-electron chi connectivity index (χ2n) is 6.54.